The van der Waals surface area contributed by atoms with Gasteiger partial charge in [-0.3, -0.25) is 0 Å². The fraction of sp³-hybridized carbons (Fsp3) is 0.154. The van der Waals surface area contributed by atoms with E-state index in [0.717, 1.165) is 10.5 Å². The lowest BCUT2D eigenvalue weighted by atomic mass is 10.3. The molecule has 0 aliphatic carbocycles. The Hall–Kier alpha value is -1.89. The van der Waals surface area contributed by atoms with Gasteiger partial charge in [-0.15, -0.1) is 0 Å². The molecule has 0 saturated heterocycles. The molecule has 0 unspecified atom stereocenters. The van der Waals surface area contributed by atoms with Crippen molar-refractivity contribution in [3.63, 3.8) is 0 Å². The normalized spacial score (nSPS) is 10.2. The van der Waals surface area contributed by atoms with Crippen LogP contribution in [0.4, 0.5) is 26.1 Å². The van der Waals surface area contributed by atoms with E-state index in [9.17, 15) is 8.78 Å². The largest absolute Gasteiger partial charge is 0.495 e. The number of hydrogen-bond acceptors (Lipinski definition) is 4. The summed E-state index contributed by atoms with van der Waals surface area (Å²) in [4.78, 5) is 3.85. The van der Waals surface area contributed by atoms with Gasteiger partial charge in [-0.05, 0) is 18.2 Å². The van der Waals surface area contributed by atoms with E-state index in [4.69, 9.17) is 4.74 Å². The molecule has 0 aliphatic heterocycles. The highest BCUT2D eigenvalue weighted by molar-refractivity contribution is 9.10. The predicted molar refractivity (Wildman–Crippen MR) is 77.7 cm³/mol. The Bertz CT molecular complexity index is 637. The van der Waals surface area contributed by atoms with Gasteiger partial charge < -0.3 is 15.4 Å². The molecule has 1 aromatic carbocycles. The number of aromatic nitrogens is 1. The van der Waals surface area contributed by atoms with Crippen LogP contribution in [0.2, 0.25) is 0 Å². The third-order valence-corrected chi connectivity index (χ3v) is 3.07. The Morgan fingerprint density at radius 3 is 2.50 bits per heavy atom. The Labute approximate surface area is 123 Å². The molecule has 0 amide bonds. The first-order chi connectivity index (χ1) is 9.55. The molecule has 106 valence electrons. The second-order valence-corrected chi connectivity index (χ2v) is 4.78. The molecule has 4 nitrogen and oxygen atoms in total. The van der Waals surface area contributed by atoms with Crippen molar-refractivity contribution in [2.75, 3.05) is 24.8 Å². The summed E-state index contributed by atoms with van der Waals surface area (Å²) in [5.41, 5.74) is 0.516. The lowest BCUT2D eigenvalue weighted by Gasteiger charge is -2.12. The monoisotopic (exact) mass is 343 g/mol. The van der Waals surface area contributed by atoms with E-state index in [1.807, 2.05) is 0 Å². The molecule has 20 heavy (non-hydrogen) atoms. The van der Waals surface area contributed by atoms with Crippen LogP contribution in [0.5, 0.6) is 5.75 Å². The van der Waals surface area contributed by atoms with Crippen LogP contribution in [0, 0.1) is 11.6 Å². The summed E-state index contributed by atoms with van der Waals surface area (Å²) >= 11 is 3.32. The fourth-order valence-electron chi connectivity index (χ4n) is 1.64. The van der Waals surface area contributed by atoms with Crippen LogP contribution in [0.3, 0.4) is 0 Å². The van der Waals surface area contributed by atoms with Crippen LogP contribution in [0.25, 0.3) is 0 Å². The van der Waals surface area contributed by atoms with Gasteiger partial charge in [-0.25, -0.2) is 13.8 Å². The quantitative estimate of drug-likeness (QED) is 0.883. The van der Waals surface area contributed by atoms with Crippen LogP contribution in [0.15, 0.2) is 28.7 Å². The van der Waals surface area contributed by atoms with Crippen LogP contribution in [-0.2, 0) is 0 Å². The molecule has 2 N–H and O–H groups in total. The first-order valence-electron chi connectivity index (χ1n) is 5.69. The van der Waals surface area contributed by atoms with E-state index < -0.39 is 11.6 Å². The lowest BCUT2D eigenvalue weighted by Crippen LogP contribution is -2.04. The minimum Gasteiger partial charge on any atom is -0.495 e. The van der Waals surface area contributed by atoms with E-state index >= 15 is 0 Å². The molecule has 0 spiro atoms. The highest BCUT2D eigenvalue weighted by Gasteiger charge is 2.13. The first-order valence-corrected chi connectivity index (χ1v) is 6.48. The molecule has 0 fully saturated rings. The van der Waals surface area contributed by atoms with Crippen LogP contribution in [0.1, 0.15) is 0 Å². The highest BCUT2D eigenvalue weighted by Crippen LogP contribution is 2.31. The summed E-state index contributed by atoms with van der Waals surface area (Å²) in [6.07, 6.45) is 0. The van der Waals surface area contributed by atoms with Gasteiger partial charge >= 0.3 is 0 Å². The molecule has 0 aliphatic rings. The molecular formula is C13H12BrF2N3O. The third kappa shape index (κ3) is 2.98. The number of benzene rings is 1. The molecule has 0 atom stereocenters. The van der Waals surface area contributed by atoms with Gasteiger partial charge in [0.25, 0.3) is 0 Å². The minimum absolute atomic E-state index is 0.0390. The van der Waals surface area contributed by atoms with Crippen molar-refractivity contribution in [1.82, 2.24) is 4.98 Å². The molecule has 0 saturated carbocycles. The Kier molecular flexibility index (Phi) is 4.39. The minimum atomic E-state index is -0.788. The number of anilines is 3. The standard InChI is InChI=1S/C13H12BrF2N3O/c1-17-12-8(15)6-9(16)13(19-12)18-10-5-7(14)3-4-11(10)20-2/h3-6H,1-2H3,(H2,17,18,19). The van der Waals surface area contributed by atoms with E-state index in [0.29, 0.717) is 11.4 Å². The predicted octanol–water partition coefficient (Wildman–Crippen LogP) is 3.92. The van der Waals surface area contributed by atoms with E-state index in [-0.39, 0.29) is 11.6 Å². The summed E-state index contributed by atoms with van der Waals surface area (Å²) in [6.45, 7) is 0. The van der Waals surface area contributed by atoms with Crippen molar-refractivity contribution >= 4 is 33.3 Å². The molecule has 0 bridgehead atoms. The number of hydrogen-bond donors (Lipinski definition) is 2. The van der Waals surface area contributed by atoms with Crippen molar-refractivity contribution in [3.05, 3.63) is 40.4 Å². The maximum absolute atomic E-state index is 13.7. The van der Waals surface area contributed by atoms with Crippen molar-refractivity contribution in [2.24, 2.45) is 0 Å². The second-order valence-electron chi connectivity index (χ2n) is 3.87. The zero-order valence-corrected chi connectivity index (χ0v) is 12.4. The highest BCUT2D eigenvalue weighted by atomic mass is 79.9. The van der Waals surface area contributed by atoms with Crippen molar-refractivity contribution in [2.45, 2.75) is 0 Å². The van der Waals surface area contributed by atoms with Crippen molar-refractivity contribution in [1.29, 1.82) is 0 Å². The molecule has 2 aromatic rings. The van der Waals surface area contributed by atoms with Crippen molar-refractivity contribution < 1.29 is 13.5 Å². The number of methoxy groups -OCH3 is 1. The maximum Gasteiger partial charge on any atom is 0.169 e. The smallest absolute Gasteiger partial charge is 0.169 e. The summed E-state index contributed by atoms with van der Waals surface area (Å²) < 4.78 is 33.1. The summed E-state index contributed by atoms with van der Waals surface area (Å²) in [7, 11) is 3.01. The van der Waals surface area contributed by atoms with E-state index in [2.05, 4.69) is 31.5 Å². The number of pyridine rings is 1. The number of ether oxygens (including phenoxy) is 1. The topological polar surface area (TPSA) is 46.2 Å². The second kappa shape index (κ2) is 6.04. The summed E-state index contributed by atoms with van der Waals surface area (Å²) in [6, 6.07) is 5.98. The van der Waals surface area contributed by atoms with Gasteiger partial charge in [0.15, 0.2) is 23.3 Å². The van der Waals surface area contributed by atoms with Gasteiger partial charge in [-0.1, -0.05) is 15.9 Å². The van der Waals surface area contributed by atoms with Crippen LogP contribution >= 0.6 is 15.9 Å². The molecule has 7 heteroatoms. The Balaban J connectivity index is 2.41. The molecule has 1 aromatic heterocycles. The number of nitrogens with zero attached hydrogens (tertiary/aromatic N) is 1. The van der Waals surface area contributed by atoms with Gasteiger partial charge in [0, 0.05) is 17.6 Å². The third-order valence-electron chi connectivity index (χ3n) is 2.58. The molecule has 2 rings (SSSR count). The molecular weight excluding hydrogens is 332 g/mol. The molecule has 1 heterocycles. The Morgan fingerprint density at radius 2 is 1.85 bits per heavy atom. The first kappa shape index (κ1) is 14.5. The Morgan fingerprint density at radius 1 is 1.15 bits per heavy atom. The summed E-state index contributed by atoms with van der Waals surface area (Å²) in [5.74, 6) is -1.15. The molecule has 0 radical (unpaired) electrons. The zero-order valence-electron chi connectivity index (χ0n) is 10.8. The van der Waals surface area contributed by atoms with Gasteiger partial charge in [-0.2, -0.15) is 0 Å². The SMILES string of the molecule is CNc1nc(Nc2cc(Br)ccc2OC)c(F)cc1F. The average Bonchev–Trinajstić information content (AvgIpc) is 2.42. The van der Waals surface area contributed by atoms with E-state index in [1.54, 1.807) is 18.2 Å². The van der Waals surface area contributed by atoms with Gasteiger partial charge in [0.05, 0.1) is 12.8 Å². The summed E-state index contributed by atoms with van der Waals surface area (Å²) in [5, 5.41) is 5.34. The number of rotatable bonds is 4. The van der Waals surface area contributed by atoms with Gasteiger partial charge in [0.2, 0.25) is 0 Å². The average molecular weight is 344 g/mol. The lowest BCUT2D eigenvalue weighted by molar-refractivity contribution is 0.416. The van der Waals surface area contributed by atoms with Crippen LogP contribution in [-0.4, -0.2) is 19.1 Å². The van der Waals surface area contributed by atoms with Crippen LogP contribution < -0.4 is 15.4 Å². The maximum atomic E-state index is 13.7. The zero-order chi connectivity index (χ0) is 14.7. The fourth-order valence-corrected chi connectivity index (χ4v) is 2.00. The van der Waals surface area contributed by atoms with Gasteiger partial charge in [0.1, 0.15) is 5.75 Å². The van der Waals surface area contributed by atoms with E-state index in [1.165, 1.54) is 14.2 Å². The van der Waals surface area contributed by atoms with Crippen molar-refractivity contribution in [3.8, 4) is 5.75 Å². The number of halogens is 3. The number of nitrogens with one attached hydrogen (secondary N) is 2.